The third-order valence-corrected chi connectivity index (χ3v) is 9.52. The minimum absolute atomic E-state index is 0.0278. The number of rotatable bonds is 9. The molecule has 1 aliphatic heterocycles. The Kier molecular flexibility index (Phi) is 9.30. The summed E-state index contributed by atoms with van der Waals surface area (Å²) in [5, 5.41) is 3.19. The molecule has 212 valence electrons. The second kappa shape index (κ2) is 13.1. The maximum atomic E-state index is 12.8. The van der Waals surface area contributed by atoms with Crippen LogP contribution in [0.2, 0.25) is 10.0 Å². The molecule has 5 rings (SSSR count). The zero-order chi connectivity index (χ0) is 28.8. The molecule has 1 amide bonds. The molecule has 1 saturated heterocycles. The average molecular weight is 609 g/mol. The maximum Gasteiger partial charge on any atom is 0.261 e. The minimum Gasteiger partial charge on any atom is -0.322 e. The van der Waals surface area contributed by atoms with Crippen LogP contribution in [0, 0.1) is 5.92 Å². The number of carbonyl (C=O) groups is 1. The molecule has 1 heterocycles. The van der Waals surface area contributed by atoms with Gasteiger partial charge in [-0.15, -0.1) is 0 Å². The lowest BCUT2D eigenvalue weighted by molar-refractivity contribution is 0.102. The van der Waals surface area contributed by atoms with Crippen molar-refractivity contribution in [1.82, 2.24) is 4.90 Å². The molecule has 1 fully saturated rings. The molecule has 0 radical (unpaired) electrons. The number of halogens is 2. The monoisotopic (exact) mass is 607 g/mol. The Morgan fingerprint density at radius 3 is 2.17 bits per heavy atom. The van der Waals surface area contributed by atoms with Crippen LogP contribution in [0.3, 0.4) is 0 Å². The Labute approximate surface area is 251 Å². The molecule has 0 saturated carbocycles. The van der Waals surface area contributed by atoms with E-state index in [-0.39, 0.29) is 26.5 Å². The van der Waals surface area contributed by atoms with Gasteiger partial charge in [-0.25, -0.2) is 8.42 Å². The summed E-state index contributed by atoms with van der Waals surface area (Å²) in [7, 11) is -3.89. The molecule has 0 aromatic heterocycles. The van der Waals surface area contributed by atoms with Crippen molar-refractivity contribution in [3.05, 3.63) is 124 Å². The molecule has 4 aromatic carbocycles. The molecular weight excluding hydrogens is 577 g/mol. The summed E-state index contributed by atoms with van der Waals surface area (Å²) in [4.78, 5) is 15.3. The van der Waals surface area contributed by atoms with E-state index in [1.54, 1.807) is 24.3 Å². The fourth-order valence-electron chi connectivity index (χ4n) is 5.02. The van der Waals surface area contributed by atoms with Crippen molar-refractivity contribution in [1.29, 1.82) is 0 Å². The van der Waals surface area contributed by atoms with Gasteiger partial charge in [-0.3, -0.25) is 14.4 Å². The molecule has 0 spiro atoms. The van der Waals surface area contributed by atoms with Gasteiger partial charge in [0, 0.05) is 17.8 Å². The summed E-state index contributed by atoms with van der Waals surface area (Å²) in [5.41, 5.74) is 3.79. The fraction of sp³-hybridized carbons (Fsp3) is 0.219. The summed E-state index contributed by atoms with van der Waals surface area (Å²) in [5.74, 6) is 0.462. The number of piperidine rings is 1. The molecule has 41 heavy (non-hydrogen) atoms. The zero-order valence-electron chi connectivity index (χ0n) is 22.4. The first-order valence-electron chi connectivity index (χ1n) is 13.5. The van der Waals surface area contributed by atoms with Gasteiger partial charge in [-0.1, -0.05) is 71.7 Å². The number of benzene rings is 4. The van der Waals surface area contributed by atoms with E-state index in [2.05, 4.69) is 45.3 Å². The second-order valence-electron chi connectivity index (χ2n) is 10.3. The van der Waals surface area contributed by atoms with E-state index in [0.29, 0.717) is 11.3 Å². The smallest absolute Gasteiger partial charge is 0.261 e. The fourth-order valence-corrected chi connectivity index (χ4v) is 6.50. The highest BCUT2D eigenvalue weighted by Crippen LogP contribution is 2.31. The van der Waals surface area contributed by atoms with Crippen molar-refractivity contribution in [2.45, 2.75) is 30.7 Å². The molecule has 1 aliphatic rings. The predicted octanol–water partition coefficient (Wildman–Crippen LogP) is 7.50. The number of sulfonamides is 1. The first-order valence-corrected chi connectivity index (χ1v) is 15.7. The van der Waals surface area contributed by atoms with Crippen LogP contribution < -0.4 is 10.0 Å². The van der Waals surface area contributed by atoms with Crippen molar-refractivity contribution >= 4 is 50.5 Å². The topological polar surface area (TPSA) is 78.5 Å². The van der Waals surface area contributed by atoms with Gasteiger partial charge in [0.1, 0.15) is 0 Å². The highest BCUT2D eigenvalue weighted by molar-refractivity contribution is 7.92. The van der Waals surface area contributed by atoms with E-state index in [4.69, 9.17) is 23.2 Å². The summed E-state index contributed by atoms with van der Waals surface area (Å²) in [6, 6.07) is 29.0. The lowest BCUT2D eigenvalue weighted by Crippen LogP contribution is -2.33. The first-order chi connectivity index (χ1) is 19.8. The summed E-state index contributed by atoms with van der Waals surface area (Å²) in [6.45, 7) is 3.02. The van der Waals surface area contributed by atoms with E-state index in [1.165, 1.54) is 42.2 Å². The molecular formula is C32H31Cl2N3O3S. The molecule has 0 bridgehead atoms. The number of nitrogens with one attached hydrogen (secondary N) is 2. The molecule has 9 heteroatoms. The van der Waals surface area contributed by atoms with Gasteiger partial charge in [0.25, 0.3) is 15.9 Å². The summed E-state index contributed by atoms with van der Waals surface area (Å²) < 4.78 is 28.0. The van der Waals surface area contributed by atoms with Crippen LogP contribution in [0.15, 0.2) is 102 Å². The Balaban J connectivity index is 1.12. The van der Waals surface area contributed by atoms with Crippen LogP contribution in [-0.4, -0.2) is 32.3 Å². The number of nitrogens with zero attached hydrogens (tertiary/aromatic N) is 1. The van der Waals surface area contributed by atoms with Crippen molar-refractivity contribution in [3.63, 3.8) is 0 Å². The molecule has 6 nitrogen and oxygen atoms in total. The number of hydrogen-bond donors (Lipinski definition) is 2. The Hall–Kier alpha value is -3.36. The van der Waals surface area contributed by atoms with E-state index in [1.807, 2.05) is 24.3 Å². The quantitative estimate of drug-likeness (QED) is 0.206. The molecule has 4 aromatic rings. The molecule has 0 unspecified atom stereocenters. The highest BCUT2D eigenvalue weighted by Gasteiger charge is 2.20. The Bertz CT molecular complexity index is 1590. The van der Waals surface area contributed by atoms with Crippen LogP contribution in [0.4, 0.5) is 11.4 Å². The van der Waals surface area contributed by atoms with E-state index in [0.717, 1.165) is 32.0 Å². The molecule has 2 N–H and O–H groups in total. The SMILES string of the molecule is O=C(Nc1ccc(S(=O)(=O)Nc2cccc(Cl)c2Cl)cc1)c1ccc(CN2CCC(Cc3ccccc3)CC2)cc1. The maximum absolute atomic E-state index is 12.8. The van der Waals surface area contributed by atoms with E-state index < -0.39 is 10.0 Å². The summed E-state index contributed by atoms with van der Waals surface area (Å²) >= 11 is 12.1. The van der Waals surface area contributed by atoms with Gasteiger partial charge in [-0.2, -0.15) is 0 Å². The van der Waals surface area contributed by atoms with Crippen LogP contribution in [0.5, 0.6) is 0 Å². The number of anilines is 2. The van der Waals surface area contributed by atoms with Crippen molar-refractivity contribution in [2.75, 3.05) is 23.1 Å². The van der Waals surface area contributed by atoms with Gasteiger partial charge in [-0.05, 0) is 97.9 Å². The summed E-state index contributed by atoms with van der Waals surface area (Å²) in [6.07, 6.45) is 3.53. The van der Waals surface area contributed by atoms with Crippen molar-refractivity contribution in [3.8, 4) is 0 Å². The number of carbonyl (C=O) groups excluding carboxylic acids is 1. The minimum atomic E-state index is -3.89. The molecule has 0 atom stereocenters. The number of amides is 1. The predicted molar refractivity (Wildman–Crippen MR) is 166 cm³/mol. The zero-order valence-corrected chi connectivity index (χ0v) is 24.7. The number of hydrogen-bond acceptors (Lipinski definition) is 4. The lowest BCUT2D eigenvalue weighted by Gasteiger charge is -2.32. The van der Waals surface area contributed by atoms with Gasteiger partial charge >= 0.3 is 0 Å². The lowest BCUT2D eigenvalue weighted by atomic mass is 9.90. The second-order valence-corrected chi connectivity index (χ2v) is 12.8. The van der Waals surface area contributed by atoms with Gasteiger partial charge in [0.15, 0.2) is 0 Å². The molecule has 0 aliphatic carbocycles. The van der Waals surface area contributed by atoms with Gasteiger partial charge < -0.3 is 5.32 Å². The Morgan fingerprint density at radius 2 is 1.49 bits per heavy atom. The third-order valence-electron chi connectivity index (χ3n) is 7.32. The van der Waals surface area contributed by atoms with Crippen molar-refractivity contribution < 1.29 is 13.2 Å². The van der Waals surface area contributed by atoms with E-state index >= 15 is 0 Å². The normalized spacial score (nSPS) is 14.5. The van der Waals surface area contributed by atoms with Crippen LogP contribution in [0.1, 0.15) is 34.3 Å². The average Bonchev–Trinajstić information content (AvgIpc) is 2.98. The van der Waals surface area contributed by atoms with E-state index in [9.17, 15) is 13.2 Å². The standard InChI is InChI=1S/C32H31Cl2N3O3S/c33-29-7-4-8-30(31(29)34)36-41(39,40)28-15-13-27(14-16-28)35-32(38)26-11-9-25(10-12-26)22-37-19-17-24(18-20-37)21-23-5-2-1-3-6-23/h1-16,24,36H,17-22H2,(H,35,38). The van der Waals surface area contributed by atoms with Gasteiger partial charge in [0.05, 0.1) is 20.6 Å². The number of likely N-dealkylation sites (tertiary alicyclic amines) is 1. The first kappa shape index (κ1) is 29.1. The Morgan fingerprint density at radius 1 is 0.805 bits per heavy atom. The van der Waals surface area contributed by atoms with Crippen LogP contribution in [0.25, 0.3) is 0 Å². The van der Waals surface area contributed by atoms with Gasteiger partial charge in [0.2, 0.25) is 0 Å². The van der Waals surface area contributed by atoms with Crippen LogP contribution in [-0.2, 0) is 23.0 Å². The highest BCUT2D eigenvalue weighted by atomic mass is 35.5. The third kappa shape index (κ3) is 7.68. The van der Waals surface area contributed by atoms with Crippen molar-refractivity contribution in [2.24, 2.45) is 5.92 Å². The van der Waals surface area contributed by atoms with Crippen LogP contribution >= 0.6 is 23.2 Å². The largest absolute Gasteiger partial charge is 0.322 e.